The van der Waals surface area contributed by atoms with Gasteiger partial charge in [0.25, 0.3) is 5.56 Å². The molecule has 3 rings (SSSR count). The second kappa shape index (κ2) is 8.69. The largest absolute Gasteiger partial charge is 0.353 e. The van der Waals surface area contributed by atoms with Gasteiger partial charge in [0.1, 0.15) is 18.1 Å². The lowest BCUT2D eigenvalue weighted by Gasteiger charge is -2.35. The first kappa shape index (κ1) is 19.6. The number of amides is 2. The summed E-state index contributed by atoms with van der Waals surface area (Å²) in [7, 11) is 0. The van der Waals surface area contributed by atoms with Gasteiger partial charge in [0.15, 0.2) is 0 Å². The Kier molecular flexibility index (Phi) is 6.08. The predicted octanol–water partition coefficient (Wildman–Crippen LogP) is 1.25. The molecule has 0 aromatic carbocycles. The van der Waals surface area contributed by atoms with Crippen molar-refractivity contribution in [1.82, 2.24) is 14.5 Å². The third-order valence-electron chi connectivity index (χ3n) is 4.89. The number of carbonyl (C=O) groups excluding carboxylic acids is 2. The molecule has 0 spiro atoms. The predicted molar refractivity (Wildman–Crippen MR) is 107 cm³/mol. The maximum atomic E-state index is 12.7. The molecule has 28 heavy (non-hydrogen) atoms. The van der Waals surface area contributed by atoms with E-state index in [0.29, 0.717) is 31.9 Å². The molecule has 2 amide bonds. The molecule has 0 unspecified atom stereocenters. The minimum Gasteiger partial charge on any atom is -0.353 e. The van der Waals surface area contributed by atoms with E-state index in [4.69, 9.17) is 0 Å². The highest BCUT2D eigenvalue weighted by Gasteiger charge is 2.23. The summed E-state index contributed by atoms with van der Waals surface area (Å²) >= 11 is 0. The van der Waals surface area contributed by atoms with Crippen LogP contribution in [0.25, 0.3) is 0 Å². The normalized spacial score (nSPS) is 14.1. The van der Waals surface area contributed by atoms with E-state index in [1.165, 1.54) is 4.57 Å². The lowest BCUT2D eigenvalue weighted by Crippen LogP contribution is -2.50. The minimum atomic E-state index is -0.359. The van der Waals surface area contributed by atoms with E-state index in [1.54, 1.807) is 37.1 Å². The van der Waals surface area contributed by atoms with Crippen LogP contribution in [0.2, 0.25) is 0 Å². The van der Waals surface area contributed by atoms with Crippen molar-refractivity contribution in [2.75, 3.05) is 36.4 Å². The molecular weight excluding hydrogens is 358 g/mol. The maximum absolute atomic E-state index is 12.7. The second-order valence-corrected chi connectivity index (χ2v) is 6.74. The number of nitrogens with zero attached hydrogens (tertiary/aromatic N) is 4. The van der Waals surface area contributed by atoms with Crippen molar-refractivity contribution in [2.45, 2.75) is 26.8 Å². The maximum Gasteiger partial charge on any atom is 0.274 e. The van der Waals surface area contributed by atoms with Crippen molar-refractivity contribution in [3.05, 3.63) is 52.6 Å². The Balaban J connectivity index is 1.66. The van der Waals surface area contributed by atoms with Gasteiger partial charge in [0.05, 0.1) is 0 Å². The zero-order valence-electron chi connectivity index (χ0n) is 16.2. The SMILES string of the molecule is CCC(=O)Nc1ccc(C)n(CC(=O)N2CCN(c3ccccn3)CC2)c1=O. The molecule has 1 fully saturated rings. The van der Waals surface area contributed by atoms with Crippen molar-refractivity contribution < 1.29 is 9.59 Å². The molecule has 2 aromatic rings. The van der Waals surface area contributed by atoms with E-state index in [9.17, 15) is 14.4 Å². The van der Waals surface area contributed by atoms with Gasteiger partial charge in [-0.05, 0) is 31.2 Å². The number of pyridine rings is 2. The Hall–Kier alpha value is -3.16. The Morgan fingerprint density at radius 2 is 1.86 bits per heavy atom. The fourth-order valence-corrected chi connectivity index (χ4v) is 3.16. The summed E-state index contributed by atoms with van der Waals surface area (Å²) < 4.78 is 1.42. The molecule has 8 heteroatoms. The Bertz CT molecular complexity index is 902. The molecule has 0 bridgehead atoms. The highest BCUT2D eigenvalue weighted by molar-refractivity contribution is 5.90. The quantitative estimate of drug-likeness (QED) is 0.840. The summed E-state index contributed by atoms with van der Waals surface area (Å²) in [6, 6.07) is 9.09. The van der Waals surface area contributed by atoms with Crippen molar-refractivity contribution >= 4 is 23.3 Å². The summed E-state index contributed by atoms with van der Waals surface area (Å²) in [6.45, 7) is 6.01. The molecule has 1 saturated heterocycles. The number of aryl methyl sites for hydroxylation is 1. The number of aromatic nitrogens is 2. The Morgan fingerprint density at radius 1 is 1.11 bits per heavy atom. The van der Waals surface area contributed by atoms with E-state index in [1.807, 2.05) is 18.2 Å². The van der Waals surface area contributed by atoms with Crippen molar-refractivity contribution in [1.29, 1.82) is 0 Å². The van der Waals surface area contributed by atoms with Gasteiger partial charge in [-0.3, -0.25) is 14.4 Å². The van der Waals surface area contributed by atoms with E-state index in [0.717, 1.165) is 5.82 Å². The van der Waals surface area contributed by atoms with Crippen LogP contribution in [0.4, 0.5) is 11.5 Å². The second-order valence-electron chi connectivity index (χ2n) is 6.74. The summed E-state index contributed by atoms with van der Waals surface area (Å²) in [5.74, 6) is 0.565. The van der Waals surface area contributed by atoms with Gasteiger partial charge in [-0.2, -0.15) is 0 Å². The van der Waals surface area contributed by atoms with Gasteiger partial charge in [-0.1, -0.05) is 13.0 Å². The number of piperazine rings is 1. The number of anilines is 2. The number of nitrogens with one attached hydrogen (secondary N) is 1. The van der Waals surface area contributed by atoms with Crippen LogP contribution in [-0.2, 0) is 16.1 Å². The fraction of sp³-hybridized carbons (Fsp3) is 0.400. The first-order valence-corrected chi connectivity index (χ1v) is 9.43. The van der Waals surface area contributed by atoms with Crippen LogP contribution in [0.1, 0.15) is 19.0 Å². The average molecular weight is 383 g/mol. The van der Waals surface area contributed by atoms with Gasteiger partial charge in [0, 0.05) is 44.5 Å². The molecule has 3 heterocycles. The smallest absolute Gasteiger partial charge is 0.274 e. The van der Waals surface area contributed by atoms with Crippen molar-refractivity contribution in [3.8, 4) is 0 Å². The van der Waals surface area contributed by atoms with E-state index in [2.05, 4.69) is 15.2 Å². The van der Waals surface area contributed by atoms with Gasteiger partial charge in [0.2, 0.25) is 11.8 Å². The Labute approximate surface area is 163 Å². The summed E-state index contributed by atoms with van der Waals surface area (Å²) in [6.07, 6.45) is 2.04. The lowest BCUT2D eigenvalue weighted by atomic mass is 10.2. The van der Waals surface area contributed by atoms with Crippen molar-refractivity contribution in [3.63, 3.8) is 0 Å². The van der Waals surface area contributed by atoms with Gasteiger partial charge in [-0.25, -0.2) is 4.98 Å². The van der Waals surface area contributed by atoms with Crippen LogP contribution in [0, 0.1) is 6.92 Å². The lowest BCUT2D eigenvalue weighted by molar-refractivity contribution is -0.132. The molecule has 1 N–H and O–H groups in total. The molecule has 148 valence electrons. The molecule has 1 aliphatic heterocycles. The minimum absolute atomic E-state index is 0.0376. The molecule has 0 atom stereocenters. The van der Waals surface area contributed by atoms with Crippen LogP contribution in [0.3, 0.4) is 0 Å². The molecule has 0 radical (unpaired) electrons. The van der Waals surface area contributed by atoms with Crippen LogP contribution < -0.4 is 15.8 Å². The third-order valence-corrected chi connectivity index (χ3v) is 4.89. The average Bonchev–Trinajstić information content (AvgIpc) is 2.73. The molecule has 0 aliphatic carbocycles. The number of rotatable bonds is 5. The fourth-order valence-electron chi connectivity index (χ4n) is 3.16. The first-order chi connectivity index (χ1) is 13.5. The zero-order valence-corrected chi connectivity index (χ0v) is 16.2. The van der Waals surface area contributed by atoms with E-state index < -0.39 is 0 Å². The van der Waals surface area contributed by atoms with Gasteiger partial charge in [-0.15, -0.1) is 0 Å². The van der Waals surface area contributed by atoms with E-state index in [-0.39, 0.29) is 36.0 Å². The summed E-state index contributed by atoms with van der Waals surface area (Å²) in [5, 5.41) is 2.59. The van der Waals surface area contributed by atoms with Crippen LogP contribution in [0.5, 0.6) is 0 Å². The molecular formula is C20H25N5O3. The van der Waals surface area contributed by atoms with Gasteiger partial charge < -0.3 is 19.7 Å². The zero-order chi connectivity index (χ0) is 20.1. The van der Waals surface area contributed by atoms with Crippen LogP contribution in [-0.4, -0.2) is 52.4 Å². The number of hydrogen-bond acceptors (Lipinski definition) is 5. The molecule has 0 saturated carbocycles. The monoisotopic (exact) mass is 383 g/mol. The molecule has 1 aliphatic rings. The first-order valence-electron chi connectivity index (χ1n) is 9.43. The topological polar surface area (TPSA) is 87.5 Å². The summed E-state index contributed by atoms with van der Waals surface area (Å²) in [4.78, 5) is 45.3. The third kappa shape index (κ3) is 4.39. The van der Waals surface area contributed by atoms with E-state index >= 15 is 0 Å². The van der Waals surface area contributed by atoms with Gasteiger partial charge >= 0.3 is 0 Å². The molecule has 8 nitrogen and oxygen atoms in total. The summed E-state index contributed by atoms with van der Waals surface area (Å²) in [5.41, 5.74) is 0.521. The molecule has 2 aromatic heterocycles. The van der Waals surface area contributed by atoms with Crippen LogP contribution >= 0.6 is 0 Å². The van der Waals surface area contributed by atoms with Crippen LogP contribution in [0.15, 0.2) is 41.3 Å². The highest BCUT2D eigenvalue weighted by atomic mass is 16.2. The highest BCUT2D eigenvalue weighted by Crippen LogP contribution is 2.13. The standard InChI is InChI=1S/C20H25N5O3/c1-3-18(26)22-16-8-7-15(2)25(20(16)28)14-19(27)24-12-10-23(11-13-24)17-6-4-5-9-21-17/h4-9H,3,10-14H2,1-2H3,(H,22,26). The number of carbonyl (C=O) groups is 2. The Morgan fingerprint density at radius 3 is 2.50 bits per heavy atom. The number of hydrogen-bond donors (Lipinski definition) is 1. The van der Waals surface area contributed by atoms with Crippen molar-refractivity contribution in [2.24, 2.45) is 0 Å².